The fraction of sp³-hybridized carbons (Fsp3) is 0.707. The molecule has 0 spiro atoms. The summed E-state index contributed by atoms with van der Waals surface area (Å²) in [4.78, 5) is 35.5. The number of hydrogen-bond acceptors (Lipinski definition) is 12. The van der Waals surface area contributed by atoms with Crippen LogP contribution in [0.4, 0.5) is 0 Å². The third-order valence-corrected chi connectivity index (χ3v) is 9.83. The predicted molar refractivity (Wildman–Crippen MR) is 212 cm³/mol. The molecule has 1 aliphatic rings. The van der Waals surface area contributed by atoms with Gasteiger partial charge in [0.05, 0.1) is 6.61 Å². The van der Waals surface area contributed by atoms with Gasteiger partial charge in [-0.15, -0.1) is 0 Å². The summed E-state index contributed by atoms with van der Waals surface area (Å²) < 4.78 is 33.3. The van der Waals surface area contributed by atoms with Gasteiger partial charge in [-0.2, -0.15) is 0 Å². The first-order chi connectivity index (χ1) is 26.4. The number of rotatable bonds is 31. The monoisotopic (exact) mass is 800 g/mol. The lowest BCUT2D eigenvalue weighted by Crippen LogP contribution is -2.64. The van der Waals surface area contributed by atoms with E-state index in [1.807, 2.05) is 6.08 Å². The quantitative estimate of drug-likeness (QED) is 0.0189. The largest absolute Gasteiger partial charge is 0.472 e. The number of carbonyl (C=O) groups excluding carboxylic acids is 2. The third-order valence-electron chi connectivity index (χ3n) is 8.84. The molecule has 0 bridgehead atoms. The van der Waals surface area contributed by atoms with E-state index in [4.69, 9.17) is 18.5 Å². The van der Waals surface area contributed by atoms with E-state index in [9.17, 15) is 44.6 Å². The highest BCUT2D eigenvalue weighted by Gasteiger charge is 2.51. The molecule has 1 saturated carbocycles. The lowest BCUT2D eigenvalue weighted by atomic mass is 9.85. The summed E-state index contributed by atoms with van der Waals surface area (Å²) in [6, 6.07) is 0. The average molecular weight is 801 g/mol. The first kappa shape index (κ1) is 50.6. The van der Waals surface area contributed by atoms with Crippen molar-refractivity contribution >= 4 is 19.8 Å². The molecular weight excluding hydrogens is 731 g/mol. The molecule has 0 aromatic heterocycles. The van der Waals surface area contributed by atoms with Crippen LogP contribution < -0.4 is 0 Å². The van der Waals surface area contributed by atoms with Gasteiger partial charge < -0.3 is 39.9 Å². The first-order valence-corrected chi connectivity index (χ1v) is 21.6. The Morgan fingerprint density at radius 3 is 1.64 bits per heavy atom. The smallest absolute Gasteiger partial charge is 0.462 e. The van der Waals surface area contributed by atoms with E-state index < -0.39 is 75.7 Å². The summed E-state index contributed by atoms with van der Waals surface area (Å²) in [6.07, 6.45) is 23.0. The van der Waals surface area contributed by atoms with Gasteiger partial charge in [-0.1, -0.05) is 107 Å². The molecule has 0 heterocycles. The zero-order valence-electron chi connectivity index (χ0n) is 32.9. The van der Waals surface area contributed by atoms with E-state index >= 15 is 0 Å². The lowest BCUT2D eigenvalue weighted by molar-refractivity contribution is -0.220. The van der Waals surface area contributed by atoms with Crippen LogP contribution in [-0.2, 0) is 32.7 Å². The van der Waals surface area contributed by atoms with E-state index in [0.29, 0.717) is 19.3 Å². The van der Waals surface area contributed by atoms with Gasteiger partial charge in [0.25, 0.3) is 0 Å². The Morgan fingerprint density at radius 1 is 0.582 bits per heavy atom. The molecule has 0 aromatic rings. The van der Waals surface area contributed by atoms with E-state index in [-0.39, 0.29) is 12.8 Å². The molecule has 13 nitrogen and oxygen atoms in total. The molecule has 316 valence electrons. The van der Waals surface area contributed by atoms with Crippen LogP contribution >= 0.6 is 7.82 Å². The van der Waals surface area contributed by atoms with Crippen molar-refractivity contribution in [3.63, 3.8) is 0 Å². The normalized spacial score (nSPS) is 23.7. The fourth-order valence-corrected chi connectivity index (χ4v) is 6.52. The van der Waals surface area contributed by atoms with Crippen LogP contribution in [0.5, 0.6) is 0 Å². The Kier molecular flexibility index (Phi) is 29.1. The van der Waals surface area contributed by atoms with Gasteiger partial charge in [0.1, 0.15) is 43.2 Å². The molecule has 1 aliphatic carbocycles. The van der Waals surface area contributed by atoms with Gasteiger partial charge in [-0.25, -0.2) is 4.57 Å². The highest BCUT2D eigenvalue weighted by molar-refractivity contribution is 7.47. The zero-order chi connectivity index (χ0) is 40.7. The summed E-state index contributed by atoms with van der Waals surface area (Å²) in [5, 5.41) is 50.0. The Labute approximate surface area is 328 Å². The molecule has 0 radical (unpaired) electrons. The van der Waals surface area contributed by atoms with Crippen LogP contribution in [-0.4, -0.2) is 98.3 Å². The Hall–Kier alpha value is -2.45. The molecule has 0 amide bonds. The standard InChI is InChI=1S/C41H69O13P/c1-3-5-7-9-11-13-15-16-17-18-20-22-24-26-28-30-35(43)53-33(31-51-34(42)29-27-25-23-21-19-14-12-10-8-6-4-2)32-52-55(49,50)54-41-39(47)37(45)36(44)38(46)40(41)48/h5,7,10-13,16-17,20,22,33,36-41,44-48H,3-4,6,8-9,14-15,18-19,21,23-32H2,1-2H3,(H,49,50)/b7-5-,12-10-,13-11-,17-16-,22-20-/t33-,36?,37-,38?,39?,40?,41?/m1/s1. The van der Waals surface area contributed by atoms with Crippen LogP contribution in [0.15, 0.2) is 60.8 Å². The fourth-order valence-electron chi connectivity index (χ4n) is 5.55. The van der Waals surface area contributed by atoms with Crippen LogP contribution in [0, 0.1) is 0 Å². The summed E-state index contributed by atoms with van der Waals surface area (Å²) in [5.41, 5.74) is 0. The van der Waals surface area contributed by atoms with Crippen molar-refractivity contribution in [2.24, 2.45) is 0 Å². The molecule has 6 N–H and O–H groups in total. The number of hydrogen-bond donors (Lipinski definition) is 6. The van der Waals surface area contributed by atoms with E-state index in [0.717, 1.165) is 70.6 Å². The van der Waals surface area contributed by atoms with Crippen molar-refractivity contribution in [2.75, 3.05) is 13.2 Å². The third kappa shape index (κ3) is 24.7. The maximum atomic E-state index is 12.7. The molecule has 1 fully saturated rings. The van der Waals surface area contributed by atoms with Crippen molar-refractivity contribution in [2.45, 2.75) is 172 Å². The summed E-state index contributed by atoms with van der Waals surface area (Å²) in [7, 11) is -5.13. The van der Waals surface area contributed by atoms with Gasteiger partial charge in [-0.05, 0) is 70.6 Å². The number of esters is 2. The molecular formula is C41H69O13P. The second-order valence-electron chi connectivity index (χ2n) is 13.7. The number of ether oxygens (including phenoxy) is 2. The van der Waals surface area contributed by atoms with Crippen LogP contribution in [0.25, 0.3) is 0 Å². The van der Waals surface area contributed by atoms with Gasteiger partial charge >= 0.3 is 19.8 Å². The van der Waals surface area contributed by atoms with Crippen LogP contribution in [0.3, 0.4) is 0 Å². The van der Waals surface area contributed by atoms with Gasteiger partial charge in [0.15, 0.2) is 6.10 Å². The predicted octanol–water partition coefficient (Wildman–Crippen LogP) is 6.60. The highest BCUT2D eigenvalue weighted by Crippen LogP contribution is 2.47. The van der Waals surface area contributed by atoms with Crippen molar-refractivity contribution in [3.05, 3.63) is 60.8 Å². The number of carbonyl (C=O) groups is 2. The molecule has 14 heteroatoms. The van der Waals surface area contributed by atoms with Crippen molar-refractivity contribution < 1.29 is 63.1 Å². The highest BCUT2D eigenvalue weighted by atomic mass is 31.2. The number of phosphoric acid groups is 1. The van der Waals surface area contributed by atoms with Crippen LogP contribution in [0.1, 0.15) is 129 Å². The first-order valence-electron chi connectivity index (χ1n) is 20.1. The molecule has 0 aliphatic heterocycles. The Balaban J connectivity index is 2.58. The molecule has 0 saturated heterocycles. The summed E-state index contributed by atoms with van der Waals surface area (Å²) in [5.74, 6) is -1.17. The minimum atomic E-state index is -5.13. The maximum absolute atomic E-state index is 12.7. The number of aliphatic hydroxyl groups is 5. The number of allylic oxidation sites excluding steroid dienone is 10. The molecule has 6 unspecified atom stereocenters. The molecule has 8 atom stereocenters. The number of aliphatic hydroxyl groups excluding tert-OH is 5. The van der Waals surface area contributed by atoms with Gasteiger partial charge in [-0.3, -0.25) is 18.6 Å². The van der Waals surface area contributed by atoms with Gasteiger partial charge in [0.2, 0.25) is 0 Å². The maximum Gasteiger partial charge on any atom is 0.472 e. The minimum absolute atomic E-state index is 0.0400. The molecule has 0 aromatic carbocycles. The second kappa shape index (κ2) is 31.6. The van der Waals surface area contributed by atoms with E-state index in [2.05, 4.69) is 68.5 Å². The second-order valence-corrected chi connectivity index (χ2v) is 15.2. The van der Waals surface area contributed by atoms with Crippen LogP contribution in [0.2, 0.25) is 0 Å². The lowest BCUT2D eigenvalue weighted by Gasteiger charge is -2.41. The van der Waals surface area contributed by atoms with Crippen molar-refractivity contribution in [3.8, 4) is 0 Å². The average Bonchev–Trinajstić information content (AvgIpc) is 3.16. The van der Waals surface area contributed by atoms with E-state index in [1.165, 1.54) is 12.8 Å². The summed E-state index contributed by atoms with van der Waals surface area (Å²) >= 11 is 0. The minimum Gasteiger partial charge on any atom is -0.462 e. The zero-order valence-corrected chi connectivity index (χ0v) is 33.8. The molecule has 55 heavy (non-hydrogen) atoms. The summed E-state index contributed by atoms with van der Waals surface area (Å²) in [6.45, 7) is 3.06. The van der Waals surface area contributed by atoms with E-state index in [1.54, 1.807) is 0 Å². The SMILES string of the molecule is CC/C=C\C/C=C\C/C=C\C/C=C\CCCCC(=O)O[C@H](COC(=O)CCCCCCC/C=C\CCCC)COP(=O)(O)OC1C(O)C(O)C(O)[C@@H](O)C1O. The number of unbranched alkanes of at least 4 members (excludes halogenated alkanes) is 9. The Bertz CT molecular complexity index is 1200. The topological polar surface area (TPSA) is 210 Å². The van der Waals surface area contributed by atoms with Crippen molar-refractivity contribution in [1.82, 2.24) is 0 Å². The Morgan fingerprint density at radius 2 is 1.04 bits per heavy atom. The molecule has 1 rings (SSSR count). The van der Waals surface area contributed by atoms with Crippen molar-refractivity contribution in [1.29, 1.82) is 0 Å². The number of phosphoric ester groups is 1. The van der Waals surface area contributed by atoms with Gasteiger partial charge in [0, 0.05) is 12.8 Å².